The summed E-state index contributed by atoms with van der Waals surface area (Å²) in [7, 11) is -2.44. The Morgan fingerprint density at radius 1 is 1.17 bits per heavy atom. The van der Waals surface area contributed by atoms with E-state index in [1.807, 2.05) is 20.8 Å². The Balaban J connectivity index is 3.02. The van der Waals surface area contributed by atoms with Crippen molar-refractivity contribution in [3.05, 3.63) is 29.8 Å². The molecule has 100 valence electrons. The number of rotatable bonds is 3. The number of esters is 1. The monoisotopic (exact) mass is 270 g/mol. The number of benzene rings is 1. The van der Waals surface area contributed by atoms with Crippen LogP contribution in [0.15, 0.2) is 29.2 Å². The summed E-state index contributed by atoms with van der Waals surface area (Å²) in [6.07, 6.45) is 0. The maximum absolute atomic E-state index is 11.9. The molecule has 0 atom stereocenters. The first-order valence-electron chi connectivity index (χ1n) is 5.57. The smallest absolute Gasteiger partial charge is 0.321 e. The van der Waals surface area contributed by atoms with Crippen LogP contribution >= 0.6 is 0 Å². The SMILES string of the molecule is COC(=O)CS(=O)(=O)c1ccc(C(C)(C)C)cc1. The minimum atomic E-state index is -3.61. The van der Waals surface area contributed by atoms with Gasteiger partial charge in [-0.2, -0.15) is 0 Å². The maximum Gasteiger partial charge on any atom is 0.321 e. The van der Waals surface area contributed by atoms with Crippen LogP contribution in [0.2, 0.25) is 0 Å². The largest absolute Gasteiger partial charge is 0.468 e. The Labute approximate surface area is 108 Å². The summed E-state index contributed by atoms with van der Waals surface area (Å²) in [5.74, 6) is -1.38. The first-order chi connectivity index (χ1) is 8.16. The highest BCUT2D eigenvalue weighted by atomic mass is 32.2. The Bertz CT molecular complexity index is 521. The molecule has 1 aromatic carbocycles. The predicted octanol–water partition coefficient (Wildman–Crippen LogP) is 1.93. The second-order valence-electron chi connectivity index (χ2n) is 5.11. The Morgan fingerprint density at radius 2 is 1.67 bits per heavy atom. The lowest BCUT2D eigenvalue weighted by molar-refractivity contribution is -0.137. The second-order valence-corrected chi connectivity index (χ2v) is 7.10. The van der Waals surface area contributed by atoms with E-state index in [0.717, 1.165) is 5.56 Å². The minimum Gasteiger partial charge on any atom is -0.468 e. The molecule has 0 unspecified atom stereocenters. The summed E-state index contributed by atoms with van der Waals surface area (Å²) in [5, 5.41) is 0. The fourth-order valence-corrected chi connectivity index (χ4v) is 2.61. The van der Waals surface area contributed by atoms with Crippen molar-refractivity contribution in [2.45, 2.75) is 31.1 Å². The molecule has 0 saturated carbocycles. The molecule has 0 heterocycles. The Hall–Kier alpha value is -1.36. The van der Waals surface area contributed by atoms with Crippen molar-refractivity contribution in [1.82, 2.24) is 0 Å². The van der Waals surface area contributed by atoms with Gasteiger partial charge in [-0.15, -0.1) is 0 Å². The summed E-state index contributed by atoms with van der Waals surface area (Å²) in [5.41, 5.74) is 1.00. The zero-order valence-corrected chi connectivity index (χ0v) is 11.9. The lowest BCUT2D eigenvalue weighted by atomic mass is 9.87. The van der Waals surface area contributed by atoms with Gasteiger partial charge in [-0.1, -0.05) is 32.9 Å². The highest BCUT2D eigenvalue weighted by molar-refractivity contribution is 7.92. The van der Waals surface area contributed by atoms with Gasteiger partial charge < -0.3 is 4.74 Å². The zero-order chi connectivity index (χ0) is 14.0. The van der Waals surface area contributed by atoms with Gasteiger partial charge in [0.15, 0.2) is 15.6 Å². The van der Waals surface area contributed by atoms with Crippen molar-refractivity contribution in [3.8, 4) is 0 Å². The van der Waals surface area contributed by atoms with Crippen LogP contribution in [0.5, 0.6) is 0 Å². The third-order valence-corrected chi connectivity index (χ3v) is 4.22. The molecule has 0 bridgehead atoms. The number of carbonyl (C=O) groups is 1. The molecule has 0 aliphatic carbocycles. The molecule has 0 aliphatic rings. The van der Waals surface area contributed by atoms with Gasteiger partial charge in [0.25, 0.3) is 0 Å². The van der Waals surface area contributed by atoms with Crippen LogP contribution in [0.3, 0.4) is 0 Å². The molecule has 0 spiro atoms. The van der Waals surface area contributed by atoms with Gasteiger partial charge in [0.2, 0.25) is 0 Å². The average Bonchev–Trinajstić information content (AvgIpc) is 2.27. The van der Waals surface area contributed by atoms with Crippen LogP contribution in [0, 0.1) is 0 Å². The molecule has 0 amide bonds. The molecular formula is C13H18O4S. The van der Waals surface area contributed by atoms with Gasteiger partial charge in [-0.25, -0.2) is 8.42 Å². The summed E-state index contributed by atoms with van der Waals surface area (Å²) < 4.78 is 28.1. The van der Waals surface area contributed by atoms with Crippen LogP contribution in [0.4, 0.5) is 0 Å². The molecule has 1 rings (SSSR count). The van der Waals surface area contributed by atoms with Gasteiger partial charge in [-0.3, -0.25) is 4.79 Å². The fourth-order valence-electron chi connectivity index (χ4n) is 1.46. The van der Waals surface area contributed by atoms with E-state index in [2.05, 4.69) is 4.74 Å². The summed E-state index contributed by atoms with van der Waals surface area (Å²) >= 11 is 0. The quantitative estimate of drug-likeness (QED) is 0.787. The van der Waals surface area contributed by atoms with Crippen molar-refractivity contribution < 1.29 is 17.9 Å². The van der Waals surface area contributed by atoms with E-state index >= 15 is 0 Å². The second kappa shape index (κ2) is 5.10. The van der Waals surface area contributed by atoms with E-state index in [-0.39, 0.29) is 10.3 Å². The molecule has 5 heteroatoms. The average molecular weight is 270 g/mol. The van der Waals surface area contributed by atoms with Gasteiger partial charge in [0, 0.05) is 0 Å². The van der Waals surface area contributed by atoms with E-state index in [4.69, 9.17) is 0 Å². The standard InChI is InChI=1S/C13H18O4S/c1-13(2,3)10-5-7-11(8-6-10)18(15,16)9-12(14)17-4/h5-8H,9H2,1-4H3. The number of sulfone groups is 1. The Kier molecular flexibility index (Phi) is 4.16. The third-order valence-electron chi connectivity index (χ3n) is 2.62. The topological polar surface area (TPSA) is 60.4 Å². The van der Waals surface area contributed by atoms with Crippen molar-refractivity contribution in [2.75, 3.05) is 12.9 Å². The van der Waals surface area contributed by atoms with E-state index in [0.29, 0.717) is 0 Å². The van der Waals surface area contributed by atoms with E-state index in [1.54, 1.807) is 12.1 Å². The molecule has 0 aliphatic heterocycles. The van der Waals surface area contributed by atoms with Crippen LogP contribution < -0.4 is 0 Å². The van der Waals surface area contributed by atoms with Crippen molar-refractivity contribution >= 4 is 15.8 Å². The van der Waals surface area contributed by atoms with Crippen LogP contribution in [-0.2, 0) is 24.8 Å². The normalized spacial score (nSPS) is 12.2. The molecule has 1 aromatic rings. The first kappa shape index (κ1) is 14.7. The van der Waals surface area contributed by atoms with Gasteiger partial charge in [0.1, 0.15) is 0 Å². The Morgan fingerprint density at radius 3 is 2.06 bits per heavy atom. The summed E-state index contributed by atoms with van der Waals surface area (Å²) in [4.78, 5) is 11.2. The lowest BCUT2D eigenvalue weighted by Gasteiger charge is -2.19. The third kappa shape index (κ3) is 3.57. The molecule has 4 nitrogen and oxygen atoms in total. The predicted molar refractivity (Wildman–Crippen MR) is 69.2 cm³/mol. The van der Waals surface area contributed by atoms with Crippen molar-refractivity contribution in [2.24, 2.45) is 0 Å². The van der Waals surface area contributed by atoms with Crippen LogP contribution in [-0.4, -0.2) is 27.2 Å². The van der Waals surface area contributed by atoms with E-state index in [9.17, 15) is 13.2 Å². The van der Waals surface area contributed by atoms with Crippen molar-refractivity contribution in [3.63, 3.8) is 0 Å². The lowest BCUT2D eigenvalue weighted by Crippen LogP contribution is -2.18. The maximum atomic E-state index is 11.9. The van der Waals surface area contributed by atoms with Gasteiger partial charge >= 0.3 is 5.97 Å². The zero-order valence-electron chi connectivity index (χ0n) is 11.1. The van der Waals surface area contributed by atoms with E-state index < -0.39 is 21.6 Å². The summed E-state index contributed by atoms with van der Waals surface area (Å²) in [6, 6.07) is 6.59. The fraction of sp³-hybridized carbons (Fsp3) is 0.462. The van der Waals surface area contributed by atoms with E-state index in [1.165, 1.54) is 19.2 Å². The number of methoxy groups -OCH3 is 1. The number of hydrogen-bond donors (Lipinski definition) is 0. The molecule has 0 saturated heterocycles. The molecule has 0 aromatic heterocycles. The number of carbonyl (C=O) groups excluding carboxylic acids is 1. The minimum absolute atomic E-state index is 0.0371. The number of hydrogen-bond acceptors (Lipinski definition) is 4. The molecule has 18 heavy (non-hydrogen) atoms. The molecular weight excluding hydrogens is 252 g/mol. The van der Waals surface area contributed by atoms with Crippen LogP contribution in [0.1, 0.15) is 26.3 Å². The summed E-state index contributed by atoms with van der Waals surface area (Å²) in [6.45, 7) is 6.14. The van der Waals surface area contributed by atoms with Crippen molar-refractivity contribution in [1.29, 1.82) is 0 Å². The molecule has 0 N–H and O–H groups in total. The highest BCUT2D eigenvalue weighted by Crippen LogP contribution is 2.23. The number of ether oxygens (including phenoxy) is 1. The first-order valence-corrected chi connectivity index (χ1v) is 7.22. The van der Waals surface area contributed by atoms with Crippen LogP contribution in [0.25, 0.3) is 0 Å². The van der Waals surface area contributed by atoms with Gasteiger partial charge in [0.05, 0.1) is 12.0 Å². The molecule has 0 fully saturated rings. The highest BCUT2D eigenvalue weighted by Gasteiger charge is 2.21. The van der Waals surface area contributed by atoms with Gasteiger partial charge in [-0.05, 0) is 23.1 Å². The molecule has 0 radical (unpaired) electrons.